The number of benzene rings is 2. The summed E-state index contributed by atoms with van der Waals surface area (Å²) in [6, 6.07) is 15.1. The Morgan fingerprint density at radius 3 is 1.23 bits per heavy atom. The summed E-state index contributed by atoms with van der Waals surface area (Å²) in [7, 11) is 3.27. The van der Waals surface area contributed by atoms with E-state index in [-0.39, 0.29) is 5.41 Å². The molecule has 0 radical (unpaired) electrons. The fourth-order valence-electron chi connectivity index (χ4n) is 2.70. The van der Waals surface area contributed by atoms with Crippen molar-refractivity contribution in [3.63, 3.8) is 0 Å². The Bertz CT molecular complexity index is 559. The lowest BCUT2D eigenvalue weighted by Crippen LogP contribution is -2.41. The van der Waals surface area contributed by atoms with E-state index in [0.717, 1.165) is 22.6 Å². The summed E-state index contributed by atoms with van der Waals surface area (Å²) in [5, 5.41) is 11.5. The average molecular weight is 300 g/mol. The SMILES string of the molecule is COc1ccc(C(O)(c2ccc(OC)cc2)C(C)(C)C)cc1. The molecule has 2 rings (SSSR count). The number of rotatable bonds is 4. The number of ether oxygens (including phenoxy) is 2. The van der Waals surface area contributed by atoms with E-state index in [1.165, 1.54) is 0 Å². The topological polar surface area (TPSA) is 38.7 Å². The first kappa shape index (κ1) is 16.4. The summed E-state index contributed by atoms with van der Waals surface area (Å²) >= 11 is 0. The van der Waals surface area contributed by atoms with E-state index in [1.54, 1.807) is 14.2 Å². The third-order valence-electron chi connectivity index (χ3n) is 4.10. The van der Waals surface area contributed by atoms with Crippen LogP contribution in [0.5, 0.6) is 11.5 Å². The van der Waals surface area contributed by atoms with Crippen molar-refractivity contribution in [1.82, 2.24) is 0 Å². The maximum atomic E-state index is 11.5. The van der Waals surface area contributed by atoms with Crippen molar-refractivity contribution in [2.24, 2.45) is 5.41 Å². The normalized spacial score (nSPS) is 12.1. The quantitative estimate of drug-likeness (QED) is 0.928. The number of methoxy groups -OCH3 is 2. The molecule has 3 nitrogen and oxygen atoms in total. The molecule has 0 heterocycles. The van der Waals surface area contributed by atoms with Gasteiger partial charge < -0.3 is 14.6 Å². The van der Waals surface area contributed by atoms with Gasteiger partial charge in [-0.05, 0) is 40.8 Å². The van der Waals surface area contributed by atoms with Crippen LogP contribution in [0.2, 0.25) is 0 Å². The van der Waals surface area contributed by atoms with Gasteiger partial charge in [-0.3, -0.25) is 0 Å². The van der Waals surface area contributed by atoms with Crippen LogP contribution in [-0.2, 0) is 5.60 Å². The molecule has 118 valence electrons. The van der Waals surface area contributed by atoms with Gasteiger partial charge in [-0.15, -0.1) is 0 Å². The highest BCUT2D eigenvalue weighted by atomic mass is 16.5. The zero-order valence-corrected chi connectivity index (χ0v) is 13.9. The van der Waals surface area contributed by atoms with E-state index < -0.39 is 5.60 Å². The van der Waals surface area contributed by atoms with Crippen LogP contribution < -0.4 is 9.47 Å². The Morgan fingerprint density at radius 2 is 1.00 bits per heavy atom. The van der Waals surface area contributed by atoms with E-state index in [4.69, 9.17) is 9.47 Å². The standard InChI is InChI=1S/C19H24O3/c1-18(2,3)19(20,14-6-10-16(21-4)11-7-14)15-8-12-17(22-5)13-9-15/h6-13,20H,1-5H3. The minimum Gasteiger partial charge on any atom is -0.497 e. The fraction of sp³-hybridized carbons (Fsp3) is 0.368. The lowest BCUT2D eigenvalue weighted by atomic mass is 9.68. The van der Waals surface area contributed by atoms with Crippen LogP contribution in [0.1, 0.15) is 31.9 Å². The van der Waals surface area contributed by atoms with Crippen LogP contribution >= 0.6 is 0 Å². The van der Waals surface area contributed by atoms with Gasteiger partial charge in [-0.2, -0.15) is 0 Å². The second kappa shape index (κ2) is 6.01. The summed E-state index contributed by atoms with van der Waals surface area (Å²) in [5.74, 6) is 1.55. The average Bonchev–Trinajstić information content (AvgIpc) is 2.53. The molecule has 0 aliphatic heterocycles. The molecule has 0 bridgehead atoms. The Labute approximate surface area is 132 Å². The molecule has 0 fully saturated rings. The maximum absolute atomic E-state index is 11.5. The summed E-state index contributed by atoms with van der Waals surface area (Å²) < 4.78 is 10.4. The van der Waals surface area contributed by atoms with Crippen molar-refractivity contribution in [3.05, 3.63) is 59.7 Å². The van der Waals surface area contributed by atoms with Crippen LogP contribution in [0.3, 0.4) is 0 Å². The smallest absolute Gasteiger partial charge is 0.119 e. The Hall–Kier alpha value is -2.00. The number of hydrogen-bond donors (Lipinski definition) is 1. The monoisotopic (exact) mass is 300 g/mol. The lowest BCUT2D eigenvalue weighted by Gasteiger charge is -2.41. The molecular weight excluding hydrogens is 276 g/mol. The first-order valence-corrected chi connectivity index (χ1v) is 7.34. The predicted molar refractivity (Wildman–Crippen MR) is 88.4 cm³/mol. The van der Waals surface area contributed by atoms with Gasteiger partial charge in [-0.25, -0.2) is 0 Å². The molecule has 0 amide bonds. The van der Waals surface area contributed by atoms with Crippen LogP contribution in [0.25, 0.3) is 0 Å². The van der Waals surface area contributed by atoms with Gasteiger partial charge in [-0.1, -0.05) is 45.0 Å². The van der Waals surface area contributed by atoms with Gasteiger partial charge in [0.2, 0.25) is 0 Å². The van der Waals surface area contributed by atoms with Crippen molar-refractivity contribution < 1.29 is 14.6 Å². The first-order valence-electron chi connectivity index (χ1n) is 7.34. The largest absolute Gasteiger partial charge is 0.497 e. The second-order valence-corrected chi connectivity index (χ2v) is 6.42. The highest BCUT2D eigenvalue weighted by Gasteiger charge is 2.43. The van der Waals surface area contributed by atoms with Crippen LogP contribution in [0.15, 0.2) is 48.5 Å². The summed E-state index contributed by atoms with van der Waals surface area (Å²) in [4.78, 5) is 0. The Kier molecular flexibility index (Phi) is 4.47. The molecule has 3 heteroatoms. The molecule has 0 aliphatic rings. The van der Waals surface area contributed by atoms with E-state index in [9.17, 15) is 5.11 Å². The first-order chi connectivity index (χ1) is 10.3. The Morgan fingerprint density at radius 1 is 0.682 bits per heavy atom. The van der Waals surface area contributed by atoms with Crippen molar-refractivity contribution in [2.75, 3.05) is 14.2 Å². The summed E-state index contributed by atoms with van der Waals surface area (Å²) in [6.07, 6.45) is 0. The molecule has 2 aromatic carbocycles. The van der Waals surface area contributed by atoms with E-state index in [2.05, 4.69) is 0 Å². The van der Waals surface area contributed by atoms with Crippen LogP contribution in [0.4, 0.5) is 0 Å². The van der Waals surface area contributed by atoms with Gasteiger partial charge in [0, 0.05) is 0 Å². The van der Waals surface area contributed by atoms with Gasteiger partial charge in [0.1, 0.15) is 17.1 Å². The van der Waals surface area contributed by atoms with Crippen molar-refractivity contribution in [2.45, 2.75) is 26.4 Å². The molecule has 0 aromatic heterocycles. The molecule has 0 saturated heterocycles. The maximum Gasteiger partial charge on any atom is 0.119 e. The fourth-order valence-corrected chi connectivity index (χ4v) is 2.70. The number of hydrogen-bond acceptors (Lipinski definition) is 3. The summed E-state index contributed by atoms with van der Waals surface area (Å²) in [6.45, 7) is 6.09. The van der Waals surface area contributed by atoms with Gasteiger partial charge in [0.05, 0.1) is 14.2 Å². The lowest BCUT2D eigenvalue weighted by molar-refractivity contribution is -0.0259. The molecule has 0 saturated carbocycles. The highest BCUT2D eigenvalue weighted by Crippen LogP contribution is 2.45. The molecule has 2 aromatic rings. The zero-order valence-electron chi connectivity index (χ0n) is 13.9. The van der Waals surface area contributed by atoms with E-state index in [0.29, 0.717) is 0 Å². The number of aliphatic hydroxyl groups is 1. The van der Waals surface area contributed by atoms with E-state index in [1.807, 2.05) is 69.3 Å². The molecule has 22 heavy (non-hydrogen) atoms. The zero-order chi connectivity index (χ0) is 16.4. The van der Waals surface area contributed by atoms with E-state index >= 15 is 0 Å². The minimum absolute atomic E-state index is 0.379. The third kappa shape index (κ3) is 2.81. The second-order valence-electron chi connectivity index (χ2n) is 6.42. The van der Waals surface area contributed by atoms with Gasteiger partial charge in [0.25, 0.3) is 0 Å². The molecule has 1 N–H and O–H groups in total. The van der Waals surface area contributed by atoms with Crippen LogP contribution in [-0.4, -0.2) is 19.3 Å². The van der Waals surface area contributed by atoms with Gasteiger partial charge in [0.15, 0.2) is 0 Å². The van der Waals surface area contributed by atoms with Gasteiger partial charge >= 0.3 is 0 Å². The molecule has 0 atom stereocenters. The molecule has 0 spiro atoms. The van der Waals surface area contributed by atoms with Crippen molar-refractivity contribution in [1.29, 1.82) is 0 Å². The highest BCUT2D eigenvalue weighted by molar-refractivity contribution is 5.42. The summed E-state index contributed by atoms with van der Waals surface area (Å²) in [5.41, 5.74) is 0.193. The van der Waals surface area contributed by atoms with Crippen molar-refractivity contribution >= 4 is 0 Å². The predicted octanol–water partition coefficient (Wildman–Crippen LogP) is 3.99. The van der Waals surface area contributed by atoms with Crippen LogP contribution in [0, 0.1) is 5.41 Å². The molecule has 0 aliphatic carbocycles. The Balaban J connectivity index is 2.55. The molecular formula is C19H24O3. The molecule has 0 unspecified atom stereocenters. The van der Waals surface area contributed by atoms with Crippen molar-refractivity contribution in [3.8, 4) is 11.5 Å². The minimum atomic E-state index is -1.11. The third-order valence-corrected chi connectivity index (χ3v) is 4.10.